The third kappa shape index (κ3) is 4.44. The van der Waals surface area contributed by atoms with Gasteiger partial charge in [0.05, 0.1) is 10.6 Å². The highest BCUT2D eigenvalue weighted by molar-refractivity contribution is 7.89. The average molecular weight is 410 g/mol. The Morgan fingerprint density at radius 2 is 1.93 bits per heavy atom. The third-order valence-corrected chi connectivity index (χ3v) is 6.28. The van der Waals surface area contributed by atoms with Crippen LogP contribution in [0.5, 0.6) is 0 Å². The van der Waals surface area contributed by atoms with Gasteiger partial charge in [0.1, 0.15) is 5.76 Å². The summed E-state index contributed by atoms with van der Waals surface area (Å²) in [6.07, 6.45) is 0. The predicted octanol–water partition coefficient (Wildman–Crippen LogP) is 4.20. The number of furan rings is 1. The van der Waals surface area contributed by atoms with E-state index in [0.717, 1.165) is 5.56 Å². The van der Waals surface area contributed by atoms with E-state index in [-0.39, 0.29) is 13.9 Å². The maximum absolute atomic E-state index is 12.6. The Morgan fingerprint density at radius 3 is 2.59 bits per heavy atom. The molecule has 3 rings (SSSR count). The third-order valence-electron chi connectivity index (χ3n) is 3.78. The van der Waals surface area contributed by atoms with Gasteiger partial charge in [-0.15, -0.1) is 0 Å². The zero-order valence-corrected chi connectivity index (χ0v) is 16.6. The number of rotatable bonds is 6. The van der Waals surface area contributed by atoms with E-state index in [9.17, 15) is 13.2 Å². The molecule has 27 heavy (non-hydrogen) atoms. The first-order valence-corrected chi connectivity index (χ1v) is 10.5. The molecule has 0 radical (unpaired) electrons. The Labute approximate surface area is 164 Å². The molecule has 2 heterocycles. The van der Waals surface area contributed by atoms with Crippen molar-refractivity contribution in [2.45, 2.75) is 31.9 Å². The summed E-state index contributed by atoms with van der Waals surface area (Å²) in [5.74, 6) is 0.159. The number of aryl methyl sites for hydroxylation is 1. The van der Waals surface area contributed by atoms with E-state index in [1.807, 2.05) is 30.3 Å². The summed E-state index contributed by atoms with van der Waals surface area (Å²) in [4.78, 5) is 16.1. The molecule has 0 aliphatic heterocycles. The van der Waals surface area contributed by atoms with Gasteiger partial charge in [0.15, 0.2) is 5.13 Å². The Kier molecular flexibility index (Phi) is 5.45. The van der Waals surface area contributed by atoms with Crippen molar-refractivity contribution < 1.29 is 20.5 Å². The number of carbonyl (C=O) groups is 1. The number of thiazole rings is 1. The molecular weight excluding hydrogens is 386 g/mol. The van der Waals surface area contributed by atoms with Gasteiger partial charge in [0.2, 0.25) is 11.0 Å². The number of hydrogen-bond acceptors (Lipinski definition) is 6. The second kappa shape index (κ2) is 7.63. The van der Waals surface area contributed by atoms with Crippen LogP contribution >= 0.6 is 11.3 Å². The Balaban J connectivity index is 0.00000210. The molecule has 0 saturated heterocycles. The quantitative estimate of drug-likeness (QED) is 0.635. The van der Waals surface area contributed by atoms with Gasteiger partial charge >= 0.3 is 0 Å². The fourth-order valence-electron chi connectivity index (χ4n) is 2.52. The van der Waals surface area contributed by atoms with Crippen LogP contribution in [0.3, 0.4) is 0 Å². The minimum atomic E-state index is -3.82. The molecule has 3 aromatic rings. The fraction of sp³-hybridized carbons (Fsp3) is 0.222. The van der Waals surface area contributed by atoms with Crippen LogP contribution in [-0.4, -0.2) is 19.3 Å². The van der Waals surface area contributed by atoms with Crippen molar-refractivity contribution in [2.24, 2.45) is 0 Å². The maximum Gasteiger partial charge on any atom is 0.274 e. The summed E-state index contributed by atoms with van der Waals surface area (Å²) in [6.45, 7) is 4.93. The second-order valence-corrected chi connectivity index (χ2v) is 8.63. The summed E-state index contributed by atoms with van der Waals surface area (Å²) < 4.78 is 33.4. The van der Waals surface area contributed by atoms with Crippen molar-refractivity contribution in [1.82, 2.24) is 9.71 Å². The molecule has 2 aromatic heterocycles. The van der Waals surface area contributed by atoms with Gasteiger partial charge in [-0.25, -0.2) is 18.1 Å². The molecule has 7 nitrogen and oxygen atoms in total. The standard InChI is InChI=1S/C18H19N3O4S2.2H2/c1-11(14-7-5-4-6-8-14)21-27(23,24)16-10-9-15(25-16)17-12(2)19-18(26-17)20-13(3)22;;/h4-11,21H,1-3H3,(H,19,20,22);2*1H/t11-;;/m0../s1. The Bertz CT molecular complexity index is 1070. The lowest BCUT2D eigenvalue weighted by molar-refractivity contribution is -0.114. The number of nitrogens with zero attached hydrogens (tertiary/aromatic N) is 1. The largest absolute Gasteiger partial charge is 0.442 e. The van der Waals surface area contributed by atoms with Gasteiger partial charge in [-0.3, -0.25) is 4.79 Å². The van der Waals surface area contributed by atoms with E-state index in [4.69, 9.17) is 4.42 Å². The minimum Gasteiger partial charge on any atom is -0.442 e. The number of aromatic nitrogens is 1. The van der Waals surface area contributed by atoms with Crippen LogP contribution in [-0.2, 0) is 14.8 Å². The SMILES string of the molecule is CC(=O)Nc1nc(C)c(-c2ccc(S(=O)(=O)N[C@@H](C)c3ccccc3)o2)s1.[HH].[HH]. The summed E-state index contributed by atoms with van der Waals surface area (Å²) in [5, 5.41) is 2.88. The average Bonchev–Trinajstić information content (AvgIpc) is 3.22. The Hall–Kier alpha value is -2.49. The fourth-order valence-corrected chi connectivity index (χ4v) is 4.65. The number of amides is 1. The van der Waals surface area contributed by atoms with E-state index < -0.39 is 16.1 Å². The van der Waals surface area contributed by atoms with Crippen LogP contribution in [0.4, 0.5) is 5.13 Å². The molecule has 0 aliphatic rings. The van der Waals surface area contributed by atoms with Gasteiger partial charge in [0.25, 0.3) is 10.0 Å². The van der Waals surface area contributed by atoms with Crippen LogP contribution in [0.15, 0.2) is 52.0 Å². The maximum atomic E-state index is 12.6. The summed E-state index contributed by atoms with van der Waals surface area (Å²) in [7, 11) is -3.82. The molecule has 0 bridgehead atoms. The smallest absolute Gasteiger partial charge is 0.274 e. The van der Waals surface area contributed by atoms with Crippen molar-refractivity contribution >= 4 is 32.4 Å². The molecular formula is C18H23N3O4S2. The van der Waals surface area contributed by atoms with Gasteiger partial charge in [0, 0.05) is 15.8 Å². The highest BCUT2D eigenvalue weighted by Gasteiger charge is 2.23. The van der Waals surface area contributed by atoms with E-state index in [1.54, 1.807) is 19.9 Å². The summed E-state index contributed by atoms with van der Waals surface area (Å²) in [6, 6.07) is 11.9. The molecule has 2 N–H and O–H groups in total. The number of hydrogen-bond donors (Lipinski definition) is 2. The number of nitrogens with one attached hydrogen (secondary N) is 2. The zero-order valence-electron chi connectivity index (χ0n) is 15.0. The van der Waals surface area contributed by atoms with Gasteiger partial charge in [-0.1, -0.05) is 41.7 Å². The predicted molar refractivity (Wildman–Crippen MR) is 108 cm³/mol. The van der Waals surface area contributed by atoms with Crippen LogP contribution < -0.4 is 10.0 Å². The van der Waals surface area contributed by atoms with Gasteiger partial charge < -0.3 is 9.73 Å². The lowest BCUT2D eigenvalue weighted by Crippen LogP contribution is -2.26. The molecule has 1 atom stereocenters. The van der Waals surface area contributed by atoms with E-state index in [1.165, 1.54) is 24.3 Å². The first-order valence-electron chi connectivity index (χ1n) is 8.19. The van der Waals surface area contributed by atoms with Crippen LogP contribution in [0.2, 0.25) is 0 Å². The van der Waals surface area contributed by atoms with Gasteiger partial charge in [-0.2, -0.15) is 0 Å². The van der Waals surface area contributed by atoms with Crippen LogP contribution in [0, 0.1) is 6.92 Å². The lowest BCUT2D eigenvalue weighted by Gasteiger charge is -2.13. The first kappa shape index (κ1) is 19.3. The Morgan fingerprint density at radius 1 is 1.22 bits per heavy atom. The second-order valence-electron chi connectivity index (χ2n) is 5.99. The van der Waals surface area contributed by atoms with Crippen molar-refractivity contribution in [1.29, 1.82) is 0 Å². The molecule has 0 aliphatic carbocycles. The molecule has 0 spiro atoms. The highest BCUT2D eigenvalue weighted by atomic mass is 32.2. The normalized spacial score (nSPS) is 12.7. The van der Waals surface area contributed by atoms with Crippen LogP contribution in [0.1, 0.15) is 34.0 Å². The lowest BCUT2D eigenvalue weighted by atomic mass is 10.1. The van der Waals surface area contributed by atoms with E-state index >= 15 is 0 Å². The molecule has 0 unspecified atom stereocenters. The number of anilines is 1. The monoisotopic (exact) mass is 409 g/mol. The molecule has 1 amide bonds. The van der Waals surface area contributed by atoms with Crippen molar-refractivity contribution in [3.63, 3.8) is 0 Å². The van der Waals surface area contributed by atoms with E-state index in [2.05, 4.69) is 15.0 Å². The topological polar surface area (TPSA) is 101 Å². The molecule has 146 valence electrons. The highest BCUT2D eigenvalue weighted by Crippen LogP contribution is 2.34. The van der Waals surface area contributed by atoms with Crippen molar-refractivity contribution in [3.05, 3.63) is 53.7 Å². The van der Waals surface area contributed by atoms with Crippen molar-refractivity contribution in [3.8, 4) is 10.6 Å². The first-order chi connectivity index (χ1) is 12.8. The minimum absolute atomic E-state index is 0. The molecule has 1 aromatic carbocycles. The van der Waals surface area contributed by atoms with Gasteiger partial charge in [-0.05, 0) is 31.5 Å². The van der Waals surface area contributed by atoms with Crippen molar-refractivity contribution in [2.75, 3.05) is 5.32 Å². The molecule has 0 saturated carbocycles. The summed E-state index contributed by atoms with van der Waals surface area (Å²) in [5.41, 5.74) is 1.50. The summed E-state index contributed by atoms with van der Waals surface area (Å²) >= 11 is 1.22. The number of benzene rings is 1. The number of carbonyl (C=O) groups excluding carboxylic acids is 1. The van der Waals surface area contributed by atoms with E-state index in [0.29, 0.717) is 21.5 Å². The molecule has 0 fully saturated rings. The van der Waals surface area contributed by atoms with Crippen LogP contribution in [0.25, 0.3) is 10.6 Å². The molecule has 9 heteroatoms. The zero-order chi connectivity index (χ0) is 19.6. The number of sulfonamides is 1.